The number of methoxy groups -OCH3 is 1. The summed E-state index contributed by atoms with van der Waals surface area (Å²) < 4.78 is 18.7. The van der Waals surface area contributed by atoms with E-state index < -0.39 is 0 Å². The normalized spacial score (nSPS) is 16.0. The second kappa shape index (κ2) is 5.99. The predicted molar refractivity (Wildman–Crippen MR) is 96.0 cm³/mol. The molecule has 2 aromatic heterocycles. The number of hydrogen-bond donors (Lipinski definition) is 0. The first-order valence-electron chi connectivity index (χ1n) is 8.07. The summed E-state index contributed by atoms with van der Waals surface area (Å²) in [5, 5.41) is 14.0. The topological polar surface area (TPSA) is 70.8 Å². The summed E-state index contributed by atoms with van der Waals surface area (Å²) in [6, 6.07) is 15.4. The highest BCUT2D eigenvalue weighted by molar-refractivity contribution is 7.19. The molecule has 1 atom stereocenters. The molecule has 8 heteroatoms. The summed E-state index contributed by atoms with van der Waals surface area (Å²) in [5.74, 6) is 2.88. The molecule has 0 unspecified atom stereocenters. The molecule has 26 heavy (non-hydrogen) atoms. The van der Waals surface area contributed by atoms with Crippen molar-refractivity contribution in [2.75, 3.05) is 13.7 Å². The fourth-order valence-electron chi connectivity index (χ4n) is 2.83. The van der Waals surface area contributed by atoms with Crippen molar-refractivity contribution >= 4 is 16.3 Å². The molecule has 0 amide bonds. The van der Waals surface area contributed by atoms with Gasteiger partial charge in [-0.05, 0) is 36.4 Å². The van der Waals surface area contributed by atoms with E-state index in [9.17, 15) is 0 Å². The zero-order valence-corrected chi connectivity index (χ0v) is 14.6. The maximum atomic E-state index is 6.03. The van der Waals surface area contributed by atoms with Crippen molar-refractivity contribution in [1.29, 1.82) is 0 Å². The maximum Gasteiger partial charge on any atom is 0.235 e. The molecule has 0 radical (unpaired) electrons. The van der Waals surface area contributed by atoms with Gasteiger partial charge < -0.3 is 14.2 Å². The van der Waals surface area contributed by atoms with Crippen molar-refractivity contribution < 1.29 is 14.2 Å². The van der Waals surface area contributed by atoms with Gasteiger partial charge in [0.05, 0.1) is 7.11 Å². The Morgan fingerprint density at radius 1 is 1.08 bits per heavy atom. The van der Waals surface area contributed by atoms with Crippen LogP contribution >= 0.6 is 11.3 Å². The van der Waals surface area contributed by atoms with Gasteiger partial charge in [0.2, 0.25) is 4.96 Å². The molecule has 4 aromatic rings. The summed E-state index contributed by atoms with van der Waals surface area (Å²) >= 11 is 1.48. The molecule has 0 fully saturated rings. The fourth-order valence-corrected chi connectivity index (χ4v) is 3.68. The van der Waals surface area contributed by atoms with Gasteiger partial charge in [-0.2, -0.15) is 9.61 Å². The molecule has 7 nitrogen and oxygen atoms in total. The highest BCUT2D eigenvalue weighted by Crippen LogP contribution is 2.36. The zero-order valence-electron chi connectivity index (χ0n) is 13.8. The number of benzene rings is 2. The first kappa shape index (κ1) is 15.2. The van der Waals surface area contributed by atoms with E-state index in [1.807, 2.05) is 48.5 Å². The minimum Gasteiger partial charge on any atom is -0.497 e. The minimum atomic E-state index is -0.356. The molecule has 130 valence electrons. The van der Waals surface area contributed by atoms with Gasteiger partial charge in [0.1, 0.15) is 17.4 Å². The lowest BCUT2D eigenvalue weighted by molar-refractivity contribution is 0.0836. The summed E-state index contributed by atoms with van der Waals surface area (Å²) in [6.45, 7) is 0.368. The Morgan fingerprint density at radius 3 is 2.69 bits per heavy atom. The van der Waals surface area contributed by atoms with Crippen LogP contribution in [0.2, 0.25) is 0 Å². The second-order valence-corrected chi connectivity index (χ2v) is 6.71. The summed E-state index contributed by atoms with van der Waals surface area (Å²) in [7, 11) is 1.65. The largest absolute Gasteiger partial charge is 0.497 e. The predicted octanol–water partition coefficient (Wildman–Crippen LogP) is 3.37. The molecule has 1 aliphatic rings. The van der Waals surface area contributed by atoms with E-state index in [1.165, 1.54) is 11.3 Å². The van der Waals surface area contributed by atoms with Crippen LogP contribution in [0, 0.1) is 0 Å². The third-order valence-corrected chi connectivity index (χ3v) is 5.10. The van der Waals surface area contributed by atoms with Crippen molar-refractivity contribution in [3.8, 4) is 27.8 Å². The Labute approximate surface area is 152 Å². The Bertz CT molecular complexity index is 1070. The molecule has 0 saturated carbocycles. The Hall–Kier alpha value is -3.13. The van der Waals surface area contributed by atoms with Gasteiger partial charge >= 0.3 is 0 Å². The van der Waals surface area contributed by atoms with E-state index in [4.69, 9.17) is 14.2 Å². The molecular weight excluding hydrogens is 352 g/mol. The van der Waals surface area contributed by atoms with Crippen LogP contribution in [-0.2, 0) is 0 Å². The van der Waals surface area contributed by atoms with E-state index in [-0.39, 0.29) is 6.10 Å². The lowest BCUT2D eigenvalue weighted by Crippen LogP contribution is -2.23. The highest BCUT2D eigenvalue weighted by Gasteiger charge is 2.28. The number of para-hydroxylation sites is 2. The third-order valence-electron chi connectivity index (χ3n) is 4.15. The van der Waals surface area contributed by atoms with Gasteiger partial charge in [-0.15, -0.1) is 10.2 Å². The van der Waals surface area contributed by atoms with Gasteiger partial charge in [0.15, 0.2) is 23.4 Å². The molecule has 0 spiro atoms. The molecule has 5 rings (SSSR count). The molecular formula is C18H14N4O3S. The van der Waals surface area contributed by atoms with E-state index >= 15 is 0 Å². The van der Waals surface area contributed by atoms with Crippen molar-refractivity contribution in [3.05, 3.63) is 54.4 Å². The number of ether oxygens (including phenoxy) is 3. The average Bonchev–Trinajstić information content (AvgIpc) is 3.28. The molecule has 0 aliphatic carbocycles. The van der Waals surface area contributed by atoms with Gasteiger partial charge in [0, 0.05) is 5.56 Å². The van der Waals surface area contributed by atoms with E-state index in [1.54, 1.807) is 11.6 Å². The van der Waals surface area contributed by atoms with Gasteiger partial charge in [-0.1, -0.05) is 23.5 Å². The zero-order chi connectivity index (χ0) is 17.5. The third kappa shape index (κ3) is 2.46. The molecule has 0 N–H and O–H groups in total. The van der Waals surface area contributed by atoms with Crippen LogP contribution < -0.4 is 14.2 Å². The summed E-state index contributed by atoms with van der Waals surface area (Å²) in [6.07, 6.45) is -0.356. The molecule has 0 saturated heterocycles. The fraction of sp³-hybridized carbons (Fsp3) is 0.167. The Balaban J connectivity index is 1.49. The number of aromatic nitrogens is 4. The van der Waals surface area contributed by atoms with E-state index in [2.05, 4.69) is 15.3 Å². The molecule has 3 heterocycles. The van der Waals surface area contributed by atoms with Crippen LogP contribution in [0.15, 0.2) is 48.5 Å². The van der Waals surface area contributed by atoms with Crippen molar-refractivity contribution in [3.63, 3.8) is 0 Å². The average molecular weight is 366 g/mol. The van der Waals surface area contributed by atoms with Gasteiger partial charge in [0.25, 0.3) is 0 Å². The first-order chi connectivity index (χ1) is 12.8. The van der Waals surface area contributed by atoms with Crippen LogP contribution in [0.1, 0.15) is 11.9 Å². The molecule has 1 aliphatic heterocycles. The first-order valence-corrected chi connectivity index (χ1v) is 8.88. The van der Waals surface area contributed by atoms with E-state index in [0.717, 1.165) is 22.1 Å². The van der Waals surface area contributed by atoms with Gasteiger partial charge in [-0.3, -0.25) is 0 Å². The maximum absolute atomic E-state index is 6.03. The quantitative estimate of drug-likeness (QED) is 0.554. The standard InChI is InChI=1S/C18H14N4O3S/c1-23-12-8-6-11(7-9-12)17-21-22-16(19-20-18(22)26-17)15-10-24-13-4-2-3-5-14(13)25-15/h2-9,15H,10H2,1H3/t15-/m1/s1. The second-order valence-electron chi connectivity index (χ2n) is 5.75. The summed E-state index contributed by atoms with van der Waals surface area (Å²) in [5.41, 5.74) is 0.999. The highest BCUT2D eigenvalue weighted by atomic mass is 32.1. The minimum absolute atomic E-state index is 0.356. The van der Waals surface area contributed by atoms with Crippen LogP contribution in [0.4, 0.5) is 0 Å². The van der Waals surface area contributed by atoms with Crippen LogP contribution in [0.25, 0.3) is 15.5 Å². The van der Waals surface area contributed by atoms with Crippen LogP contribution in [-0.4, -0.2) is 33.5 Å². The summed E-state index contributed by atoms with van der Waals surface area (Å²) in [4.78, 5) is 0.716. The number of hydrogen-bond acceptors (Lipinski definition) is 7. The molecule has 2 aromatic carbocycles. The number of nitrogens with zero attached hydrogens (tertiary/aromatic N) is 4. The lowest BCUT2D eigenvalue weighted by Gasteiger charge is -2.24. The lowest BCUT2D eigenvalue weighted by atomic mass is 10.2. The molecule has 0 bridgehead atoms. The number of fused-ring (bicyclic) bond motifs is 2. The Kier molecular flexibility index (Phi) is 3.49. The van der Waals surface area contributed by atoms with E-state index in [0.29, 0.717) is 23.1 Å². The smallest absolute Gasteiger partial charge is 0.235 e. The van der Waals surface area contributed by atoms with Crippen LogP contribution in [0.3, 0.4) is 0 Å². The van der Waals surface area contributed by atoms with Crippen molar-refractivity contribution in [2.45, 2.75) is 6.10 Å². The van der Waals surface area contributed by atoms with Crippen molar-refractivity contribution in [2.24, 2.45) is 0 Å². The monoisotopic (exact) mass is 366 g/mol. The SMILES string of the molecule is COc1ccc(-c2nn3c([C@H]4COc5ccccc5O4)nnc3s2)cc1. The number of rotatable bonds is 3. The Morgan fingerprint density at radius 2 is 1.88 bits per heavy atom. The van der Waals surface area contributed by atoms with Crippen LogP contribution in [0.5, 0.6) is 17.2 Å². The van der Waals surface area contributed by atoms with Gasteiger partial charge in [-0.25, -0.2) is 0 Å². The van der Waals surface area contributed by atoms with Crippen molar-refractivity contribution in [1.82, 2.24) is 19.8 Å².